The first-order valence-electron chi connectivity index (χ1n) is 14.4. The van der Waals surface area contributed by atoms with Crippen molar-refractivity contribution in [1.82, 2.24) is 14.5 Å². The molecule has 0 unspecified atom stereocenters. The summed E-state index contributed by atoms with van der Waals surface area (Å²) in [6.07, 6.45) is 2.67. The van der Waals surface area contributed by atoms with E-state index in [1.807, 2.05) is 48.9 Å². The van der Waals surface area contributed by atoms with Gasteiger partial charge in [0.15, 0.2) is 6.73 Å². The number of carbonyl (C=O) groups excluding carboxylic acids is 3. The van der Waals surface area contributed by atoms with Crippen LogP contribution >= 0.6 is 0 Å². The molecular formula is C32H37N7O5. The van der Waals surface area contributed by atoms with Crippen molar-refractivity contribution in [2.75, 3.05) is 30.1 Å². The summed E-state index contributed by atoms with van der Waals surface area (Å²) in [7, 11) is 1.92. The monoisotopic (exact) mass is 599 g/mol. The number of nitrogens with two attached hydrogens (primary N) is 1. The van der Waals surface area contributed by atoms with E-state index in [9.17, 15) is 14.4 Å². The first kappa shape index (κ1) is 31.7. The van der Waals surface area contributed by atoms with Crippen molar-refractivity contribution in [2.24, 2.45) is 17.8 Å². The number of aromatic nitrogens is 3. The Bertz CT molecular complexity index is 1620. The highest BCUT2D eigenvalue weighted by atomic mass is 16.5. The van der Waals surface area contributed by atoms with Gasteiger partial charge in [-0.1, -0.05) is 19.9 Å². The van der Waals surface area contributed by atoms with Crippen LogP contribution in [-0.2, 0) is 32.7 Å². The van der Waals surface area contributed by atoms with E-state index in [1.165, 1.54) is 4.90 Å². The number of aliphatic imine (C=N–C) groups is 1. The van der Waals surface area contributed by atoms with Gasteiger partial charge in [0, 0.05) is 43.0 Å². The van der Waals surface area contributed by atoms with Crippen LogP contribution in [0.5, 0.6) is 0 Å². The maximum Gasteiger partial charge on any atom is 0.307 e. The molecule has 0 saturated heterocycles. The molecule has 0 spiro atoms. The third kappa shape index (κ3) is 8.18. The number of aryl methyl sites for hydroxylation is 1. The average molecular weight is 600 g/mol. The molecule has 44 heavy (non-hydrogen) atoms. The van der Waals surface area contributed by atoms with E-state index >= 15 is 0 Å². The molecule has 4 aromatic rings. The molecule has 3 N–H and O–H groups in total. The minimum atomic E-state index is -0.362. The van der Waals surface area contributed by atoms with Gasteiger partial charge in [0.2, 0.25) is 0 Å². The van der Waals surface area contributed by atoms with E-state index in [4.69, 9.17) is 20.2 Å². The Labute approximate surface area is 255 Å². The zero-order valence-corrected chi connectivity index (χ0v) is 25.2. The number of carbonyl (C=O) groups is 3. The summed E-state index contributed by atoms with van der Waals surface area (Å²) in [5, 5.41) is 3.35. The van der Waals surface area contributed by atoms with Gasteiger partial charge in [-0.15, -0.1) is 0 Å². The fourth-order valence-electron chi connectivity index (χ4n) is 4.33. The third-order valence-electron chi connectivity index (χ3n) is 6.78. The Morgan fingerprint density at radius 1 is 1.00 bits per heavy atom. The number of nitrogens with one attached hydrogen (secondary N) is 1. The molecule has 0 saturated carbocycles. The lowest BCUT2D eigenvalue weighted by Gasteiger charge is -2.21. The zero-order chi connectivity index (χ0) is 31.5. The van der Waals surface area contributed by atoms with Crippen molar-refractivity contribution in [3.63, 3.8) is 0 Å². The van der Waals surface area contributed by atoms with Crippen LogP contribution in [0.15, 0.2) is 71.9 Å². The second kappa shape index (κ2) is 15.3. The molecule has 4 rings (SSSR count). The molecule has 0 aliphatic carbocycles. The van der Waals surface area contributed by atoms with Gasteiger partial charge in [-0.05, 0) is 61.0 Å². The summed E-state index contributed by atoms with van der Waals surface area (Å²) in [6.45, 7) is 4.44. The molecule has 1 amide bonds. The number of anilines is 2. The Balaban J connectivity index is 1.45. The Morgan fingerprint density at radius 2 is 1.77 bits per heavy atom. The van der Waals surface area contributed by atoms with Crippen molar-refractivity contribution in [3.05, 3.63) is 83.8 Å². The highest BCUT2D eigenvalue weighted by molar-refractivity contribution is 6.07. The number of amidine groups is 1. The summed E-state index contributed by atoms with van der Waals surface area (Å²) >= 11 is 0. The zero-order valence-electron chi connectivity index (χ0n) is 25.2. The van der Waals surface area contributed by atoms with Gasteiger partial charge in [-0.3, -0.25) is 19.3 Å². The molecule has 0 aliphatic rings. The molecule has 2 aromatic heterocycles. The lowest BCUT2D eigenvalue weighted by Crippen LogP contribution is -2.34. The van der Waals surface area contributed by atoms with Gasteiger partial charge in [0.1, 0.15) is 17.5 Å². The van der Waals surface area contributed by atoms with Crippen LogP contribution in [0.3, 0.4) is 0 Å². The Morgan fingerprint density at radius 3 is 2.48 bits per heavy atom. The fraction of sp³-hybridized carbons (Fsp3) is 0.312. The summed E-state index contributed by atoms with van der Waals surface area (Å²) in [5.74, 6) is 0.515. The molecule has 12 nitrogen and oxygen atoms in total. The van der Waals surface area contributed by atoms with Crippen molar-refractivity contribution in [1.29, 1.82) is 0 Å². The molecule has 0 atom stereocenters. The van der Waals surface area contributed by atoms with Crippen LogP contribution in [0.2, 0.25) is 0 Å². The molecule has 0 bridgehead atoms. The highest BCUT2D eigenvalue weighted by Crippen LogP contribution is 2.21. The SMILES string of the molecule is CCCOC(=O)CCN(C(=O)c1ccc2c(c1)nc(CNc1ccc(/C(N)=N/COC(=O)CC)cc1)n2C)c1ccccn1. The summed E-state index contributed by atoms with van der Waals surface area (Å²) in [5.41, 5.74) is 9.54. The van der Waals surface area contributed by atoms with Gasteiger partial charge in [0.25, 0.3) is 5.91 Å². The number of rotatable bonds is 14. The number of amides is 1. The molecule has 2 aromatic carbocycles. The molecule has 0 aliphatic heterocycles. The third-order valence-corrected chi connectivity index (χ3v) is 6.78. The number of benzene rings is 2. The van der Waals surface area contributed by atoms with Gasteiger partial charge in [0.05, 0.1) is 30.6 Å². The smallest absolute Gasteiger partial charge is 0.307 e. The van der Waals surface area contributed by atoms with Crippen molar-refractivity contribution in [3.8, 4) is 0 Å². The first-order chi connectivity index (χ1) is 21.3. The predicted octanol–water partition coefficient (Wildman–Crippen LogP) is 4.19. The molecule has 230 valence electrons. The first-order valence-corrected chi connectivity index (χ1v) is 14.4. The lowest BCUT2D eigenvalue weighted by molar-refractivity contribution is -0.144. The highest BCUT2D eigenvalue weighted by Gasteiger charge is 2.21. The summed E-state index contributed by atoms with van der Waals surface area (Å²) in [4.78, 5) is 51.7. The van der Waals surface area contributed by atoms with E-state index in [0.717, 1.165) is 23.4 Å². The quantitative estimate of drug-likeness (QED) is 0.123. The average Bonchev–Trinajstić information content (AvgIpc) is 3.37. The van der Waals surface area contributed by atoms with Crippen molar-refractivity contribution >= 4 is 46.2 Å². The van der Waals surface area contributed by atoms with Gasteiger partial charge in [-0.2, -0.15) is 0 Å². The van der Waals surface area contributed by atoms with E-state index in [2.05, 4.69) is 15.3 Å². The number of esters is 2. The molecule has 2 heterocycles. The van der Waals surface area contributed by atoms with E-state index in [1.54, 1.807) is 43.5 Å². The summed E-state index contributed by atoms with van der Waals surface area (Å²) < 4.78 is 12.1. The Kier molecular flexibility index (Phi) is 11.0. The van der Waals surface area contributed by atoms with Gasteiger partial charge >= 0.3 is 11.9 Å². The van der Waals surface area contributed by atoms with E-state index < -0.39 is 0 Å². The van der Waals surface area contributed by atoms with E-state index in [0.29, 0.717) is 35.6 Å². The number of pyridine rings is 1. The second-order valence-corrected chi connectivity index (χ2v) is 9.88. The van der Waals surface area contributed by atoms with Crippen LogP contribution in [0.25, 0.3) is 11.0 Å². The number of hydrogen-bond acceptors (Lipinski definition) is 9. The maximum atomic E-state index is 13.6. The van der Waals surface area contributed by atoms with Crippen LogP contribution in [0.1, 0.15) is 54.9 Å². The normalized spacial score (nSPS) is 11.3. The van der Waals surface area contributed by atoms with Crippen molar-refractivity contribution in [2.45, 2.75) is 39.7 Å². The van der Waals surface area contributed by atoms with Crippen LogP contribution in [-0.4, -0.2) is 58.1 Å². The Hall–Kier alpha value is -5.26. The second-order valence-electron chi connectivity index (χ2n) is 9.88. The summed E-state index contributed by atoms with van der Waals surface area (Å²) in [6, 6.07) is 18.1. The largest absolute Gasteiger partial charge is 0.466 e. The predicted molar refractivity (Wildman–Crippen MR) is 168 cm³/mol. The number of ether oxygens (including phenoxy) is 2. The molecular weight excluding hydrogens is 562 g/mol. The topological polar surface area (TPSA) is 154 Å². The number of imidazole rings is 1. The molecule has 0 radical (unpaired) electrons. The van der Waals surface area contributed by atoms with Gasteiger partial charge in [-0.25, -0.2) is 15.0 Å². The fourth-order valence-corrected chi connectivity index (χ4v) is 4.33. The maximum absolute atomic E-state index is 13.6. The van der Waals surface area contributed by atoms with Gasteiger partial charge < -0.3 is 25.1 Å². The van der Waals surface area contributed by atoms with Crippen LogP contribution < -0.4 is 16.0 Å². The number of nitrogens with zero attached hydrogens (tertiary/aromatic N) is 5. The minimum Gasteiger partial charge on any atom is -0.466 e. The number of fused-ring (bicyclic) bond motifs is 1. The minimum absolute atomic E-state index is 0.0543. The van der Waals surface area contributed by atoms with E-state index in [-0.39, 0.29) is 49.8 Å². The standard InChI is InChI=1S/C32H37N7O5/c1-4-18-43-30(41)15-17-39(27-8-6-7-16-34-27)32(42)23-11-14-26-25(19-23)37-28(38(26)3)20-35-24-12-9-22(10-13-24)31(33)36-21-44-29(40)5-2/h6-14,16,19,35H,4-5,15,17-18,20-21H2,1-3H3,(H2,33,36). The van der Waals surface area contributed by atoms with Crippen LogP contribution in [0.4, 0.5) is 11.5 Å². The number of hydrogen-bond donors (Lipinski definition) is 2. The molecule has 12 heteroatoms. The van der Waals surface area contributed by atoms with Crippen molar-refractivity contribution < 1.29 is 23.9 Å². The van der Waals surface area contributed by atoms with Crippen LogP contribution in [0, 0.1) is 0 Å². The molecule has 0 fully saturated rings. The lowest BCUT2D eigenvalue weighted by atomic mass is 10.1.